The quantitative estimate of drug-likeness (QED) is 0.820. The minimum atomic E-state index is -0.132. The number of nitrogens with one attached hydrogen (secondary N) is 1. The molecular weight excluding hydrogens is 282 g/mol. The molecule has 1 aliphatic carbocycles. The molecule has 1 fully saturated rings. The fourth-order valence-electron chi connectivity index (χ4n) is 2.61. The van der Waals surface area contributed by atoms with Gasteiger partial charge in [-0.05, 0) is 25.0 Å². The van der Waals surface area contributed by atoms with E-state index in [-0.39, 0.29) is 18.6 Å². The Balaban J connectivity index is 2.24. The maximum absolute atomic E-state index is 12.4. The maximum Gasteiger partial charge on any atom is 0.251 e. The summed E-state index contributed by atoms with van der Waals surface area (Å²) in [5.41, 5.74) is 0.480. The minimum absolute atomic E-state index is 0.0976. The van der Waals surface area contributed by atoms with Gasteiger partial charge in [-0.1, -0.05) is 18.8 Å². The van der Waals surface area contributed by atoms with E-state index < -0.39 is 0 Å². The normalized spacial score (nSPS) is 14.2. The largest absolute Gasteiger partial charge is 0.493 e. The van der Waals surface area contributed by atoms with Crippen molar-refractivity contribution in [3.63, 3.8) is 0 Å². The van der Waals surface area contributed by atoms with Crippen molar-refractivity contribution >= 4 is 5.91 Å². The monoisotopic (exact) mass is 303 g/mol. The zero-order valence-electron chi connectivity index (χ0n) is 13.0. The maximum atomic E-state index is 12.4. The first-order valence-electron chi connectivity index (χ1n) is 7.32. The second-order valence-corrected chi connectivity index (χ2v) is 5.16. The van der Waals surface area contributed by atoms with Gasteiger partial charge >= 0.3 is 0 Å². The summed E-state index contributed by atoms with van der Waals surface area (Å²) >= 11 is 0. The average Bonchev–Trinajstić information content (AvgIpc) is 3.04. The highest BCUT2D eigenvalue weighted by molar-refractivity contribution is 5.95. The Labute approximate surface area is 130 Å². The predicted molar refractivity (Wildman–Crippen MR) is 83.6 cm³/mol. The van der Waals surface area contributed by atoms with Crippen LogP contribution in [0.3, 0.4) is 0 Å². The molecule has 22 heavy (non-hydrogen) atoms. The average molecular weight is 303 g/mol. The van der Waals surface area contributed by atoms with Crippen molar-refractivity contribution in [1.82, 2.24) is 5.32 Å². The lowest BCUT2D eigenvalue weighted by Gasteiger charge is -2.16. The van der Waals surface area contributed by atoms with Crippen LogP contribution in [0.5, 0.6) is 17.2 Å². The van der Waals surface area contributed by atoms with Crippen molar-refractivity contribution in [2.45, 2.75) is 31.7 Å². The molecule has 0 unspecified atom stereocenters. The van der Waals surface area contributed by atoms with E-state index in [1.165, 1.54) is 14.2 Å². The Hall–Kier alpha value is -2.35. The molecule has 0 aliphatic heterocycles. The summed E-state index contributed by atoms with van der Waals surface area (Å²) in [6.07, 6.45) is 9.60. The van der Waals surface area contributed by atoms with Crippen molar-refractivity contribution in [3.05, 3.63) is 17.7 Å². The van der Waals surface area contributed by atoms with Crippen LogP contribution in [0.1, 0.15) is 36.0 Å². The van der Waals surface area contributed by atoms with Crippen molar-refractivity contribution < 1.29 is 19.0 Å². The fourth-order valence-corrected chi connectivity index (χ4v) is 2.61. The van der Waals surface area contributed by atoms with Crippen LogP contribution in [0.15, 0.2) is 12.1 Å². The Morgan fingerprint density at radius 3 is 2.36 bits per heavy atom. The van der Waals surface area contributed by atoms with Gasteiger partial charge < -0.3 is 19.5 Å². The van der Waals surface area contributed by atoms with Crippen molar-refractivity contribution in [3.8, 4) is 29.6 Å². The van der Waals surface area contributed by atoms with Gasteiger partial charge in [0.2, 0.25) is 5.75 Å². The van der Waals surface area contributed by atoms with Gasteiger partial charge in [-0.15, -0.1) is 6.42 Å². The second kappa shape index (κ2) is 7.60. The molecule has 0 bridgehead atoms. The van der Waals surface area contributed by atoms with Crippen LogP contribution in [-0.2, 0) is 0 Å². The van der Waals surface area contributed by atoms with Crippen LogP contribution in [0, 0.1) is 12.3 Å². The number of terminal acetylenes is 1. The van der Waals surface area contributed by atoms with Crippen molar-refractivity contribution in [2.75, 3.05) is 20.8 Å². The summed E-state index contributed by atoms with van der Waals surface area (Å²) in [5, 5.41) is 3.04. The molecule has 0 aromatic heterocycles. The number of hydrogen-bond acceptors (Lipinski definition) is 4. The number of carbonyl (C=O) groups is 1. The van der Waals surface area contributed by atoms with E-state index in [0.29, 0.717) is 22.8 Å². The summed E-state index contributed by atoms with van der Waals surface area (Å²) in [4.78, 5) is 12.4. The van der Waals surface area contributed by atoms with E-state index in [0.717, 1.165) is 25.7 Å². The molecule has 5 nitrogen and oxygen atoms in total. The summed E-state index contributed by atoms with van der Waals surface area (Å²) in [6, 6.07) is 3.53. The third-order valence-electron chi connectivity index (χ3n) is 3.71. The Morgan fingerprint density at radius 1 is 1.27 bits per heavy atom. The Morgan fingerprint density at radius 2 is 1.86 bits per heavy atom. The predicted octanol–water partition coefficient (Wildman–Crippen LogP) is 2.39. The van der Waals surface area contributed by atoms with Gasteiger partial charge in [0, 0.05) is 11.6 Å². The second-order valence-electron chi connectivity index (χ2n) is 5.16. The van der Waals surface area contributed by atoms with E-state index in [1.807, 2.05) is 0 Å². The number of amides is 1. The molecule has 0 saturated heterocycles. The van der Waals surface area contributed by atoms with E-state index >= 15 is 0 Å². The summed E-state index contributed by atoms with van der Waals surface area (Å²) < 4.78 is 16.0. The van der Waals surface area contributed by atoms with E-state index in [2.05, 4.69) is 11.2 Å². The van der Waals surface area contributed by atoms with Gasteiger partial charge in [0.1, 0.15) is 6.61 Å². The minimum Gasteiger partial charge on any atom is -0.493 e. The number of hydrogen-bond donors (Lipinski definition) is 1. The van der Waals surface area contributed by atoms with E-state index in [4.69, 9.17) is 20.6 Å². The van der Waals surface area contributed by atoms with E-state index in [1.54, 1.807) is 12.1 Å². The standard InChI is InChI=1S/C17H21NO4/c1-4-9-22-16-14(20-2)10-12(11-15(16)21-3)17(19)18-13-7-5-6-8-13/h1,10-11,13H,5-9H2,2-3H3,(H,18,19). The smallest absolute Gasteiger partial charge is 0.251 e. The molecule has 0 spiro atoms. The molecule has 0 radical (unpaired) electrons. The number of carbonyl (C=O) groups excluding carboxylic acids is 1. The Kier molecular flexibility index (Phi) is 5.54. The molecule has 1 saturated carbocycles. The molecule has 118 valence electrons. The Bertz CT molecular complexity index is 546. The lowest BCUT2D eigenvalue weighted by atomic mass is 10.1. The van der Waals surface area contributed by atoms with Gasteiger partial charge in [-0.2, -0.15) is 0 Å². The zero-order valence-corrected chi connectivity index (χ0v) is 13.0. The van der Waals surface area contributed by atoms with Crippen molar-refractivity contribution in [1.29, 1.82) is 0 Å². The van der Waals surface area contributed by atoms with Crippen LogP contribution in [0.2, 0.25) is 0 Å². The number of benzene rings is 1. The van der Waals surface area contributed by atoms with Gasteiger partial charge in [-0.25, -0.2) is 0 Å². The number of rotatable bonds is 6. The van der Waals surface area contributed by atoms with Gasteiger partial charge in [0.05, 0.1) is 14.2 Å². The molecule has 1 aliphatic rings. The van der Waals surface area contributed by atoms with Gasteiger partial charge in [-0.3, -0.25) is 4.79 Å². The molecule has 1 N–H and O–H groups in total. The molecule has 1 aromatic rings. The first-order valence-corrected chi connectivity index (χ1v) is 7.32. The lowest BCUT2D eigenvalue weighted by Crippen LogP contribution is -2.32. The third kappa shape index (κ3) is 3.64. The summed E-state index contributed by atoms with van der Waals surface area (Å²) in [5.74, 6) is 3.51. The third-order valence-corrected chi connectivity index (χ3v) is 3.71. The van der Waals surface area contributed by atoms with E-state index in [9.17, 15) is 4.79 Å². The number of ether oxygens (including phenoxy) is 3. The van der Waals surface area contributed by atoms with Gasteiger partial charge in [0.25, 0.3) is 5.91 Å². The summed E-state index contributed by atoms with van der Waals surface area (Å²) in [7, 11) is 3.02. The lowest BCUT2D eigenvalue weighted by molar-refractivity contribution is 0.0937. The van der Waals surface area contributed by atoms with Crippen LogP contribution >= 0.6 is 0 Å². The van der Waals surface area contributed by atoms with Gasteiger partial charge in [0.15, 0.2) is 11.5 Å². The van der Waals surface area contributed by atoms with Crippen LogP contribution < -0.4 is 19.5 Å². The molecule has 1 aromatic carbocycles. The first kappa shape index (κ1) is 16.0. The molecule has 0 heterocycles. The van der Waals surface area contributed by atoms with Crippen molar-refractivity contribution in [2.24, 2.45) is 0 Å². The first-order chi connectivity index (χ1) is 10.7. The summed E-state index contributed by atoms with van der Waals surface area (Å²) in [6.45, 7) is 0.0976. The molecule has 2 rings (SSSR count). The highest BCUT2D eigenvalue weighted by Gasteiger charge is 2.21. The molecule has 5 heteroatoms. The topological polar surface area (TPSA) is 56.8 Å². The van der Waals surface area contributed by atoms with Crippen LogP contribution in [0.4, 0.5) is 0 Å². The zero-order chi connectivity index (χ0) is 15.9. The van der Waals surface area contributed by atoms with Crippen LogP contribution in [-0.4, -0.2) is 32.8 Å². The highest BCUT2D eigenvalue weighted by atomic mass is 16.5. The molecular formula is C17H21NO4. The molecule has 1 amide bonds. The van der Waals surface area contributed by atoms with Crippen LogP contribution in [0.25, 0.3) is 0 Å². The highest BCUT2D eigenvalue weighted by Crippen LogP contribution is 2.38. The number of methoxy groups -OCH3 is 2. The fraction of sp³-hybridized carbons (Fsp3) is 0.471. The molecule has 0 atom stereocenters. The SMILES string of the molecule is C#CCOc1c(OC)cc(C(=O)NC2CCCC2)cc1OC.